The molecule has 1 nitrogen and oxygen atoms in total. The van der Waals surface area contributed by atoms with E-state index in [1.165, 1.54) is 0 Å². The fraction of sp³-hybridized carbons (Fsp3) is 0.833. The van der Waals surface area contributed by atoms with E-state index in [9.17, 15) is 8.78 Å². The van der Waals surface area contributed by atoms with Gasteiger partial charge in [0.2, 0.25) is 5.92 Å². The summed E-state index contributed by atoms with van der Waals surface area (Å²) >= 11 is 4.30. The second-order valence-electron chi connectivity index (χ2n) is 2.47. The molecule has 1 rings (SSSR count). The van der Waals surface area contributed by atoms with Gasteiger partial charge < -0.3 is 0 Å². The monoisotopic (exact) mass is 163 g/mol. The van der Waals surface area contributed by atoms with Gasteiger partial charge in [0.05, 0.1) is 11.2 Å². The second kappa shape index (κ2) is 2.72. The lowest BCUT2D eigenvalue weighted by Crippen LogP contribution is -2.10. The van der Waals surface area contributed by atoms with Gasteiger partial charge in [-0.05, 0) is 18.6 Å². The van der Waals surface area contributed by atoms with Crippen LogP contribution in [0, 0.1) is 0 Å². The molecule has 0 aliphatic heterocycles. The summed E-state index contributed by atoms with van der Waals surface area (Å²) in [5, 5.41) is 2.12. The molecule has 0 aromatic heterocycles. The first-order valence-electron chi connectivity index (χ1n) is 3.09. The minimum atomic E-state index is -2.51. The Balaban J connectivity index is 2.51. The highest BCUT2D eigenvalue weighted by molar-refractivity contribution is 7.78. The summed E-state index contributed by atoms with van der Waals surface area (Å²) in [6.07, 6.45) is 0.228. The smallest absolute Gasteiger partial charge is 0.229 e. The lowest BCUT2D eigenvalue weighted by Gasteiger charge is -2.04. The van der Waals surface area contributed by atoms with Crippen LogP contribution in [0.1, 0.15) is 19.3 Å². The topological polar surface area (TPSA) is 12.4 Å². The molecule has 0 aromatic carbocycles. The average Bonchev–Trinajstić information content (AvgIpc) is 2.12. The van der Waals surface area contributed by atoms with Crippen LogP contribution in [0.3, 0.4) is 0 Å². The summed E-state index contributed by atoms with van der Waals surface area (Å²) in [5.41, 5.74) is 0. The minimum Gasteiger partial charge on any atom is -0.229 e. The third-order valence-corrected chi connectivity index (χ3v) is 1.72. The zero-order valence-electron chi connectivity index (χ0n) is 5.31. The Bertz CT molecular complexity index is 175. The third-order valence-electron chi connectivity index (χ3n) is 1.61. The van der Waals surface area contributed by atoms with Crippen LogP contribution in [0.25, 0.3) is 0 Å². The average molecular weight is 163 g/mol. The predicted octanol–water partition coefficient (Wildman–Crippen LogP) is 2.28. The predicted molar refractivity (Wildman–Crippen MR) is 37.6 cm³/mol. The van der Waals surface area contributed by atoms with E-state index in [0.29, 0.717) is 6.42 Å². The van der Waals surface area contributed by atoms with Gasteiger partial charge in [0, 0.05) is 12.8 Å². The van der Waals surface area contributed by atoms with Crippen molar-refractivity contribution in [3.8, 4) is 0 Å². The largest absolute Gasteiger partial charge is 0.250 e. The van der Waals surface area contributed by atoms with E-state index < -0.39 is 5.92 Å². The first-order valence-corrected chi connectivity index (χ1v) is 3.50. The fourth-order valence-electron chi connectivity index (χ4n) is 1.11. The molecule has 0 bridgehead atoms. The van der Waals surface area contributed by atoms with E-state index in [4.69, 9.17) is 0 Å². The molecule has 0 aromatic rings. The van der Waals surface area contributed by atoms with Gasteiger partial charge in [-0.15, -0.1) is 0 Å². The molecule has 0 saturated heterocycles. The maximum absolute atomic E-state index is 12.4. The Labute approximate surface area is 63.1 Å². The first kappa shape index (κ1) is 7.76. The second-order valence-corrected chi connectivity index (χ2v) is 2.66. The number of rotatable bonds is 1. The van der Waals surface area contributed by atoms with E-state index >= 15 is 0 Å². The summed E-state index contributed by atoms with van der Waals surface area (Å²) in [7, 11) is 0. The first-order chi connectivity index (χ1) is 4.64. The summed E-state index contributed by atoms with van der Waals surface area (Å²) < 4.78 is 24.8. The number of alkyl halides is 2. The SMILES string of the molecule is FC1(F)CCC(N=C=S)C1. The Kier molecular flexibility index (Phi) is 2.11. The van der Waals surface area contributed by atoms with Crippen molar-refractivity contribution in [2.24, 2.45) is 4.99 Å². The van der Waals surface area contributed by atoms with E-state index in [-0.39, 0.29) is 18.9 Å². The van der Waals surface area contributed by atoms with Crippen LogP contribution in [0.15, 0.2) is 4.99 Å². The van der Waals surface area contributed by atoms with Gasteiger partial charge in [-0.25, -0.2) is 13.8 Å². The van der Waals surface area contributed by atoms with Gasteiger partial charge in [-0.2, -0.15) is 0 Å². The van der Waals surface area contributed by atoms with Crippen LogP contribution in [-0.4, -0.2) is 17.1 Å². The molecule has 1 unspecified atom stereocenters. The van der Waals surface area contributed by atoms with Gasteiger partial charge in [-0.3, -0.25) is 0 Å². The van der Waals surface area contributed by atoms with E-state index in [1.54, 1.807) is 0 Å². The molecule has 56 valence electrons. The zero-order chi connectivity index (χ0) is 7.61. The van der Waals surface area contributed by atoms with Crippen LogP contribution in [0.5, 0.6) is 0 Å². The molecule has 0 N–H and O–H groups in total. The molecule has 0 heterocycles. The quantitative estimate of drug-likeness (QED) is 0.426. The summed E-state index contributed by atoms with van der Waals surface area (Å²) in [5.74, 6) is -2.51. The Morgan fingerprint density at radius 3 is 2.70 bits per heavy atom. The number of thiocarbonyl (C=S) groups is 1. The number of halogens is 2. The van der Waals surface area contributed by atoms with E-state index in [2.05, 4.69) is 22.4 Å². The molecule has 0 spiro atoms. The van der Waals surface area contributed by atoms with Crippen LogP contribution < -0.4 is 0 Å². The number of nitrogens with zero attached hydrogens (tertiary/aromatic N) is 1. The standard InChI is InChI=1S/C6H7F2NS/c7-6(8)2-1-5(3-6)9-4-10/h5H,1-3H2. The van der Waals surface area contributed by atoms with Gasteiger partial charge >= 0.3 is 0 Å². The van der Waals surface area contributed by atoms with Crippen molar-refractivity contribution in [2.75, 3.05) is 0 Å². The molecule has 1 fully saturated rings. The number of isothiocyanates is 1. The van der Waals surface area contributed by atoms with Crippen LogP contribution in [-0.2, 0) is 0 Å². The maximum atomic E-state index is 12.4. The Morgan fingerprint density at radius 2 is 2.30 bits per heavy atom. The molecule has 1 aliphatic carbocycles. The van der Waals surface area contributed by atoms with E-state index in [0.717, 1.165) is 0 Å². The van der Waals surface area contributed by atoms with Gasteiger partial charge in [0.1, 0.15) is 0 Å². The fourth-order valence-corrected chi connectivity index (χ4v) is 1.26. The lowest BCUT2D eigenvalue weighted by molar-refractivity contribution is 0.00811. The van der Waals surface area contributed by atoms with Crippen molar-refractivity contribution < 1.29 is 8.78 Å². The number of hydrogen-bond donors (Lipinski definition) is 0. The van der Waals surface area contributed by atoms with Crippen molar-refractivity contribution in [3.05, 3.63) is 0 Å². The number of hydrogen-bond acceptors (Lipinski definition) is 2. The normalized spacial score (nSPS) is 29.6. The van der Waals surface area contributed by atoms with Crippen LogP contribution in [0.4, 0.5) is 8.78 Å². The van der Waals surface area contributed by atoms with Crippen molar-refractivity contribution in [1.82, 2.24) is 0 Å². The molecule has 0 amide bonds. The Hall–Kier alpha value is -0.340. The summed E-state index contributed by atoms with van der Waals surface area (Å²) in [4.78, 5) is 3.60. The molecular formula is C6H7F2NS. The highest BCUT2D eigenvalue weighted by Gasteiger charge is 2.39. The minimum absolute atomic E-state index is 0.0574. The van der Waals surface area contributed by atoms with Crippen molar-refractivity contribution >= 4 is 17.4 Å². The lowest BCUT2D eigenvalue weighted by atomic mass is 10.3. The zero-order valence-corrected chi connectivity index (χ0v) is 6.13. The van der Waals surface area contributed by atoms with Gasteiger partial charge in [0.25, 0.3) is 0 Å². The Morgan fingerprint density at radius 1 is 1.60 bits per heavy atom. The highest BCUT2D eigenvalue weighted by atomic mass is 32.1. The van der Waals surface area contributed by atoms with E-state index in [1.807, 2.05) is 0 Å². The molecule has 1 saturated carbocycles. The maximum Gasteiger partial charge on any atom is 0.250 e. The molecule has 1 aliphatic rings. The third kappa shape index (κ3) is 1.82. The highest BCUT2D eigenvalue weighted by Crippen LogP contribution is 2.36. The van der Waals surface area contributed by atoms with Crippen LogP contribution >= 0.6 is 12.2 Å². The van der Waals surface area contributed by atoms with Crippen molar-refractivity contribution in [2.45, 2.75) is 31.2 Å². The van der Waals surface area contributed by atoms with Gasteiger partial charge in [-0.1, -0.05) is 0 Å². The molecule has 0 radical (unpaired) electrons. The van der Waals surface area contributed by atoms with Crippen molar-refractivity contribution in [3.63, 3.8) is 0 Å². The van der Waals surface area contributed by atoms with Crippen molar-refractivity contribution in [1.29, 1.82) is 0 Å². The number of aliphatic imine (C=N–C) groups is 1. The molecule has 10 heavy (non-hydrogen) atoms. The molecule has 1 atom stereocenters. The van der Waals surface area contributed by atoms with Crippen LogP contribution in [0.2, 0.25) is 0 Å². The molecular weight excluding hydrogens is 156 g/mol. The summed E-state index contributed by atoms with van der Waals surface area (Å²) in [6.45, 7) is 0. The molecule has 4 heteroatoms. The summed E-state index contributed by atoms with van der Waals surface area (Å²) in [6, 6.07) is -0.285. The van der Waals surface area contributed by atoms with Gasteiger partial charge in [0.15, 0.2) is 0 Å².